The average Bonchev–Trinajstić information content (AvgIpc) is 2.83. The fraction of sp³-hybridized carbons (Fsp3) is 0.423. The average molecular weight is 486 g/mol. The molecule has 0 radical (unpaired) electrons. The maximum Gasteiger partial charge on any atom is 0.321 e. The van der Waals surface area contributed by atoms with E-state index in [0.29, 0.717) is 17.5 Å². The van der Waals surface area contributed by atoms with E-state index in [1.807, 2.05) is 30.3 Å². The van der Waals surface area contributed by atoms with Crippen molar-refractivity contribution in [3.8, 4) is 0 Å². The van der Waals surface area contributed by atoms with E-state index in [1.165, 1.54) is 4.90 Å². The molecule has 8 nitrogen and oxygen atoms in total. The molecule has 3 rings (SSSR count). The molecule has 188 valence electrons. The van der Waals surface area contributed by atoms with Crippen LogP contribution in [0, 0.1) is 0 Å². The van der Waals surface area contributed by atoms with Crippen molar-refractivity contribution in [3.63, 3.8) is 0 Å². The third kappa shape index (κ3) is 6.30. The second-order valence-corrected chi connectivity index (χ2v) is 8.90. The van der Waals surface area contributed by atoms with Gasteiger partial charge >= 0.3 is 11.9 Å². The molecule has 0 saturated heterocycles. The van der Waals surface area contributed by atoms with Gasteiger partial charge in [-0.15, -0.1) is 0 Å². The summed E-state index contributed by atoms with van der Waals surface area (Å²) >= 11 is 0. The Hall–Kier alpha value is -3.14. The van der Waals surface area contributed by atoms with E-state index in [2.05, 4.69) is 0 Å². The van der Waals surface area contributed by atoms with Crippen LogP contribution in [-0.4, -0.2) is 63.7 Å². The first-order chi connectivity index (χ1) is 16.7. The van der Waals surface area contributed by atoms with Crippen LogP contribution in [0.5, 0.6) is 0 Å². The first-order valence-corrected chi connectivity index (χ1v) is 11.7. The molecule has 0 bridgehead atoms. The van der Waals surface area contributed by atoms with E-state index in [4.69, 9.17) is 11.5 Å². The first-order valence-electron chi connectivity index (χ1n) is 11.7. The van der Waals surface area contributed by atoms with Crippen LogP contribution in [0.2, 0.25) is 0 Å². The van der Waals surface area contributed by atoms with Crippen molar-refractivity contribution in [2.75, 3.05) is 6.54 Å². The van der Waals surface area contributed by atoms with Gasteiger partial charge in [-0.3, -0.25) is 19.3 Å². The van der Waals surface area contributed by atoms with E-state index in [0.717, 1.165) is 5.56 Å². The number of carboxylic acids is 2. The van der Waals surface area contributed by atoms with Gasteiger partial charge < -0.3 is 21.7 Å². The highest BCUT2D eigenvalue weighted by atomic mass is 19.1. The number of hydrogen-bond donors (Lipinski definition) is 4. The number of rotatable bonds is 12. The Morgan fingerprint density at radius 1 is 1.03 bits per heavy atom. The first kappa shape index (κ1) is 26.5. The molecule has 0 aromatic heterocycles. The summed E-state index contributed by atoms with van der Waals surface area (Å²) in [4.78, 5) is 39.7. The summed E-state index contributed by atoms with van der Waals surface area (Å²) in [7, 11) is 0. The number of alkyl halides is 1. The van der Waals surface area contributed by atoms with Gasteiger partial charge in [0, 0.05) is 6.42 Å². The summed E-state index contributed by atoms with van der Waals surface area (Å²) in [5, 5.41) is 20.2. The molecule has 5 atom stereocenters. The Labute approximate surface area is 203 Å². The number of carbonyl (C=O) groups is 3. The number of hydrogen-bond acceptors (Lipinski definition) is 6. The number of nitrogens with zero attached hydrogens (tertiary/aromatic N) is 1. The molecule has 0 spiro atoms. The summed E-state index contributed by atoms with van der Waals surface area (Å²) in [5.41, 5.74) is 13.6. The van der Waals surface area contributed by atoms with Crippen molar-refractivity contribution in [1.82, 2.24) is 4.90 Å². The fourth-order valence-corrected chi connectivity index (χ4v) is 4.79. The van der Waals surface area contributed by atoms with Crippen molar-refractivity contribution in [2.24, 2.45) is 11.5 Å². The molecule has 2 aromatic carbocycles. The fourth-order valence-electron chi connectivity index (χ4n) is 4.79. The molecule has 0 amide bonds. The smallest absolute Gasteiger partial charge is 0.321 e. The number of nitrogens with two attached hydrogens (primary N) is 2. The molecule has 6 N–H and O–H groups in total. The lowest BCUT2D eigenvalue weighted by Crippen LogP contribution is -2.59. The Balaban J connectivity index is 2.02. The SMILES string of the molecule is NCCC(F)C[C@H](N)C(=O)C1c2ccccc2CC(C(=O)O)N1[C@@H](CCc1ccccc1)C(=O)O. The predicted octanol–water partition coefficient (Wildman–Crippen LogP) is 2.10. The standard InChI is InChI=1S/C26H32FN3O5/c27-18(12-13-28)15-20(29)24(31)23-19-9-5-4-8-17(19)14-22(26(34)35)30(23)21(25(32)33)11-10-16-6-2-1-3-7-16/h1-9,18,20-23H,10-15,28-29H2,(H,32,33)(H,34,35)/t18?,20-,21-,22?,23?/m0/s1. The molecular formula is C26H32FN3O5. The van der Waals surface area contributed by atoms with Crippen LogP contribution >= 0.6 is 0 Å². The number of benzene rings is 2. The zero-order valence-corrected chi connectivity index (χ0v) is 19.4. The van der Waals surface area contributed by atoms with Crippen molar-refractivity contribution >= 4 is 17.7 Å². The van der Waals surface area contributed by atoms with Gasteiger partial charge in [-0.1, -0.05) is 54.6 Å². The molecular weight excluding hydrogens is 453 g/mol. The maximum atomic E-state index is 14.3. The topological polar surface area (TPSA) is 147 Å². The summed E-state index contributed by atoms with van der Waals surface area (Å²) in [5.74, 6) is -3.07. The summed E-state index contributed by atoms with van der Waals surface area (Å²) in [6.07, 6.45) is -1.13. The summed E-state index contributed by atoms with van der Waals surface area (Å²) in [6.45, 7) is 0.0993. The molecule has 0 aliphatic carbocycles. The van der Waals surface area contributed by atoms with Crippen LogP contribution in [0.1, 0.15) is 42.0 Å². The van der Waals surface area contributed by atoms with Crippen molar-refractivity contribution in [1.29, 1.82) is 0 Å². The van der Waals surface area contributed by atoms with Gasteiger partial charge in [-0.25, -0.2) is 4.39 Å². The molecule has 1 aliphatic heterocycles. The molecule has 9 heteroatoms. The van der Waals surface area contributed by atoms with E-state index in [1.54, 1.807) is 24.3 Å². The van der Waals surface area contributed by atoms with E-state index in [9.17, 15) is 29.0 Å². The van der Waals surface area contributed by atoms with Crippen LogP contribution in [0.15, 0.2) is 54.6 Å². The number of aryl methyl sites for hydroxylation is 1. The monoisotopic (exact) mass is 485 g/mol. The van der Waals surface area contributed by atoms with Crippen LogP contribution in [0.3, 0.4) is 0 Å². The zero-order chi connectivity index (χ0) is 25.5. The lowest BCUT2D eigenvalue weighted by molar-refractivity contribution is -0.156. The number of carboxylic acid groups (broad SMARTS) is 2. The van der Waals surface area contributed by atoms with Crippen LogP contribution in [-0.2, 0) is 27.2 Å². The molecule has 0 saturated carbocycles. The number of ketones is 1. The maximum absolute atomic E-state index is 14.3. The molecule has 3 unspecified atom stereocenters. The number of carbonyl (C=O) groups excluding carboxylic acids is 1. The second-order valence-electron chi connectivity index (χ2n) is 8.90. The minimum atomic E-state index is -1.39. The van der Waals surface area contributed by atoms with Crippen LogP contribution in [0.4, 0.5) is 4.39 Å². The largest absolute Gasteiger partial charge is 0.480 e. The summed E-state index contributed by atoms with van der Waals surface area (Å²) < 4.78 is 14.3. The molecule has 1 aliphatic rings. The van der Waals surface area contributed by atoms with Gasteiger partial charge in [-0.2, -0.15) is 0 Å². The highest BCUT2D eigenvalue weighted by molar-refractivity contribution is 5.92. The van der Waals surface area contributed by atoms with Gasteiger partial charge in [0.15, 0.2) is 5.78 Å². The number of Topliss-reactive ketones (excluding diaryl/α,β-unsaturated/α-hetero) is 1. The predicted molar refractivity (Wildman–Crippen MR) is 129 cm³/mol. The van der Waals surface area contributed by atoms with E-state index >= 15 is 0 Å². The second kappa shape index (κ2) is 12.0. The third-order valence-corrected chi connectivity index (χ3v) is 6.52. The Morgan fingerprint density at radius 2 is 1.69 bits per heavy atom. The van der Waals surface area contributed by atoms with Crippen LogP contribution < -0.4 is 11.5 Å². The highest BCUT2D eigenvalue weighted by Gasteiger charge is 2.47. The number of aliphatic carboxylic acids is 2. The normalized spacial score (nSPS) is 20.4. The van der Waals surface area contributed by atoms with Crippen molar-refractivity contribution in [3.05, 3.63) is 71.3 Å². The van der Waals surface area contributed by atoms with E-state index in [-0.39, 0.29) is 32.2 Å². The number of halogens is 1. The van der Waals surface area contributed by atoms with Gasteiger partial charge in [0.25, 0.3) is 0 Å². The van der Waals surface area contributed by atoms with Gasteiger partial charge in [0.2, 0.25) is 0 Å². The van der Waals surface area contributed by atoms with Crippen molar-refractivity contribution < 1.29 is 29.0 Å². The van der Waals surface area contributed by atoms with Gasteiger partial charge in [0.05, 0.1) is 12.1 Å². The number of fused-ring (bicyclic) bond motifs is 1. The molecule has 35 heavy (non-hydrogen) atoms. The van der Waals surface area contributed by atoms with Gasteiger partial charge in [-0.05, 0) is 48.9 Å². The highest BCUT2D eigenvalue weighted by Crippen LogP contribution is 2.37. The molecule has 0 fully saturated rings. The Kier molecular flexibility index (Phi) is 9.08. The lowest BCUT2D eigenvalue weighted by atomic mass is 9.82. The summed E-state index contributed by atoms with van der Waals surface area (Å²) in [6, 6.07) is 11.1. The Morgan fingerprint density at radius 3 is 2.31 bits per heavy atom. The zero-order valence-electron chi connectivity index (χ0n) is 19.4. The molecule has 2 aromatic rings. The minimum Gasteiger partial charge on any atom is -0.480 e. The van der Waals surface area contributed by atoms with E-state index < -0.39 is 48.1 Å². The lowest BCUT2D eigenvalue weighted by Gasteiger charge is -2.44. The molecule has 1 heterocycles. The quantitative estimate of drug-likeness (QED) is 0.357. The third-order valence-electron chi connectivity index (χ3n) is 6.52. The van der Waals surface area contributed by atoms with Crippen molar-refractivity contribution in [2.45, 2.75) is 62.4 Å². The van der Waals surface area contributed by atoms with Crippen LogP contribution in [0.25, 0.3) is 0 Å². The van der Waals surface area contributed by atoms with Gasteiger partial charge in [0.1, 0.15) is 18.3 Å². The minimum absolute atomic E-state index is 0.0402. The Bertz CT molecular complexity index is 1030.